The van der Waals surface area contributed by atoms with Crippen molar-refractivity contribution in [1.82, 2.24) is 9.88 Å². The Kier molecular flexibility index (Phi) is 3.70. The first-order valence-electron chi connectivity index (χ1n) is 8.27. The van der Waals surface area contributed by atoms with Crippen LogP contribution in [0.4, 0.5) is 0 Å². The summed E-state index contributed by atoms with van der Waals surface area (Å²) in [6, 6.07) is 9.94. The summed E-state index contributed by atoms with van der Waals surface area (Å²) in [6.07, 6.45) is 7.35. The number of nitrogens with zero attached hydrogens (tertiary/aromatic N) is 1. The smallest absolute Gasteiger partial charge is 0.0480 e. The Hall–Kier alpha value is -1.32. The Labute approximate surface area is 126 Å². The number of ether oxygens (including phenoxy) is 1. The SMILES string of the molecule is c1cc2c(ccn2CC2CCOCC2)cc1CNC1CC1. The molecule has 1 aromatic carbocycles. The fourth-order valence-corrected chi connectivity index (χ4v) is 3.28. The van der Waals surface area contributed by atoms with Crippen LogP contribution in [0.15, 0.2) is 30.5 Å². The standard InChI is InChI=1S/C18H24N2O/c1-4-18-16(11-15(1)12-19-17-2-3-17)5-8-20(18)13-14-6-9-21-10-7-14/h1,4-5,8,11,14,17,19H,2-3,6-7,9-10,12-13H2. The number of hydrogen-bond donors (Lipinski definition) is 1. The molecule has 2 fully saturated rings. The number of nitrogens with one attached hydrogen (secondary N) is 1. The van der Waals surface area contributed by atoms with Crippen molar-refractivity contribution < 1.29 is 4.74 Å². The second-order valence-corrected chi connectivity index (χ2v) is 6.57. The molecule has 1 saturated carbocycles. The van der Waals surface area contributed by atoms with Gasteiger partial charge in [-0.2, -0.15) is 0 Å². The van der Waals surface area contributed by atoms with Gasteiger partial charge in [-0.1, -0.05) is 6.07 Å². The lowest BCUT2D eigenvalue weighted by molar-refractivity contribution is 0.0616. The van der Waals surface area contributed by atoms with Crippen LogP contribution in [0.25, 0.3) is 10.9 Å². The quantitative estimate of drug-likeness (QED) is 0.911. The number of hydrogen-bond acceptors (Lipinski definition) is 2. The molecule has 2 aliphatic rings. The van der Waals surface area contributed by atoms with E-state index in [1.54, 1.807) is 0 Å². The van der Waals surface area contributed by atoms with Crippen molar-refractivity contribution in [2.45, 2.75) is 44.8 Å². The molecule has 0 amide bonds. The molecule has 0 radical (unpaired) electrons. The summed E-state index contributed by atoms with van der Waals surface area (Å²) in [4.78, 5) is 0. The van der Waals surface area contributed by atoms with E-state index in [1.807, 2.05) is 0 Å². The normalized spacial score (nSPS) is 20.2. The zero-order chi connectivity index (χ0) is 14.1. The topological polar surface area (TPSA) is 26.2 Å². The molecule has 0 atom stereocenters. The van der Waals surface area contributed by atoms with Crippen molar-refractivity contribution in [1.29, 1.82) is 0 Å². The zero-order valence-electron chi connectivity index (χ0n) is 12.6. The van der Waals surface area contributed by atoms with Gasteiger partial charge < -0.3 is 14.6 Å². The van der Waals surface area contributed by atoms with E-state index in [-0.39, 0.29) is 0 Å². The summed E-state index contributed by atoms with van der Waals surface area (Å²) < 4.78 is 7.88. The van der Waals surface area contributed by atoms with E-state index >= 15 is 0 Å². The molecule has 0 bridgehead atoms. The highest BCUT2D eigenvalue weighted by Gasteiger charge is 2.20. The molecule has 1 aromatic heterocycles. The van der Waals surface area contributed by atoms with Crippen molar-refractivity contribution in [2.24, 2.45) is 5.92 Å². The van der Waals surface area contributed by atoms with Gasteiger partial charge in [0.2, 0.25) is 0 Å². The fourth-order valence-electron chi connectivity index (χ4n) is 3.28. The molecule has 2 aromatic rings. The minimum Gasteiger partial charge on any atom is -0.381 e. The molecular formula is C18H24N2O. The van der Waals surface area contributed by atoms with Crippen LogP contribution < -0.4 is 5.32 Å². The molecule has 112 valence electrons. The fraction of sp³-hybridized carbons (Fsp3) is 0.556. The number of fused-ring (bicyclic) bond motifs is 1. The van der Waals surface area contributed by atoms with Crippen LogP contribution in [0.3, 0.4) is 0 Å². The number of aromatic nitrogens is 1. The second kappa shape index (κ2) is 5.82. The lowest BCUT2D eigenvalue weighted by Crippen LogP contribution is -2.20. The maximum Gasteiger partial charge on any atom is 0.0480 e. The predicted octanol–water partition coefficient (Wildman–Crippen LogP) is 3.32. The number of rotatable bonds is 5. The summed E-state index contributed by atoms with van der Waals surface area (Å²) in [7, 11) is 0. The Morgan fingerprint density at radius 1 is 1.10 bits per heavy atom. The van der Waals surface area contributed by atoms with Crippen LogP contribution in [0.5, 0.6) is 0 Å². The summed E-state index contributed by atoms with van der Waals surface area (Å²) in [5.41, 5.74) is 2.77. The predicted molar refractivity (Wildman–Crippen MR) is 85.3 cm³/mol. The monoisotopic (exact) mass is 284 g/mol. The van der Waals surface area contributed by atoms with Crippen LogP contribution in [0.2, 0.25) is 0 Å². The largest absolute Gasteiger partial charge is 0.381 e. The third kappa shape index (κ3) is 3.14. The minimum absolute atomic E-state index is 0.769. The molecule has 2 heterocycles. The van der Waals surface area contributed by atoms with Crippen LogP contribution in [-0.2, 0) is 17.8 Å². The van der Waals surface area contributed by atoms with Gasteiger partial charge in [-0.25, -0.2) is 0 Å². The average Bonchev–Trinajstić information content (AvgIpc) is 3.28. The van der Waals surface area contributed by atoms with E-state index < -0.39 is 0 Å². The van der Waals surface area contributed by atoms with Gasteiger partial charge in [0.15, 0.2) is 0 Å². The molecule has 4 rings (SSSR count). The van der Waals surface area contributed by atoms with E-state index in [2.05, 4.69) is 40.3 Å². The van der Waals surface area contributed by atoms with Crippen LogP contribution in [-0.4, -0.2) is 23.8 Å². The molecule has 1 N–H and O–H groups in total. The van der Waals surface area contributed by atoms with Crippen molar-refractivity contribution in [3.63, 3.8) is 0 Å². The summed E-state index contributed by atoms with van der Waals surface area (Å²) in [5.74, 6) is 0.769. The maximum absolute atomic E-state index is 5.46. The lowest BCUT2D eigenvalue weighted by Gasteiger charge is -2.22. The Bertz CT molecular complexity index is 609. The highest BCUT2D eigenvalue weighted by molar-refractivity contribution is 5.80. The molecule has 1 aliphatic carbocycles. The summed E-state index contributed by atoms with van der Waals surface area (Å²) >= 11 is 0. The van der Waals surface area contributed by atoms with E-state index in [0.717, 1.165) is 38.3 Å². The van der Waals surface area contributed by atoms with Crippen molar-refractivity contribution in [3.05, 3.63) is 36.0 Å². The van der Waals surface area contributed by atoms with E-state index in [9.17, 15) is 0 Å². The van der Waals surface area contributed by atoms with Gasteiger partial charge >= 0.3 is 0 Å². The maximum atomic E-state index is 5.46. The van der Waals surface area contributed by atoms with Gasteiger partial charge in [0.05, 0.1) is 0 Å². The average molecular weight is 284 g/mol. The van der Waals surface area contributed by atoms with Crippen molar-refractivity contribution in [2.75, 3.05) is 13.2 Å². The Morgan fingerprint density at radius 2 is 1.95 bits per heavy atom. The first-order chi connectivity index (χ1) is 10.4. The Balaban J connectivity index is 1.48. The highest BCUT2D eigenvalue weighted by atomic mass is 16.5. The highest BCUT2D eigenvalue weighted by Crippen LogP contribution is 2.23. The molecular weight excluding hydrogens is 260 g/mol. The lowest BCUT2D eigenvalue weighted by atomic mass is 10.0. The molecule has 1 aliphatic heterocycles. The van der Waals surface area contributed by atoms with Gasteiger partial charge in [0.1, 0.15) is 0 Å². The summed E-state index contributed by atoms with van der Waals surface area (Å²) in [5, 5.41) is 4.96. The van der Waals surface area contributed by atoms with Crippen LogP contribution >= 0.6 is 0 Å². The summed E-state index contributed by atoms with van der Waals surface area (Å²) in [6.45, 7) is 4.00. The third-order valence-electron chi connectivity index (χ3n) is 4.80. The van der Waals surface area contributed by atoms with Gasteiger partial charge in [-0.3, -0.25) is 0 Å². The molecule has 3 nitrogen and oxygen atoms in total. The van der Waals surface area contributed by atoms with Crippen LogP contribution in [0.1, 0.15) is 31.2 Å². The zero-order valence-corrected chi connectivity index (χ0v) is 12.6. The second-order valence-electron chi connectivity index (χ2n) is 6.57. The van der Waals surface area contributed by atoms with Crippen molar-refractivity contribution in [3.8, 4) is 0 Å². The first kappa shape index (κ1) is 13.4. The molecule has 21 heavy (non-hydrogen) atoms. The Morgan fingerprint density at radius 3 is 2.76 bits per heavy atom. The van der Waals surface area contributed by atoms with Gasteiger partial charge in [-0.15, -0.1) is 0 Å². The van der Waals surface area contributed by atoms with E-state index in [1.165, 1.54) is 42.1 Å². The first-order valence-corrected chi connectivity index (χ1v) is 8.27. The van der Waals surface area contributed by atoms with Gasteiger partial charge in [0, 0.05) is 44.1 Å². The molecule has 3 heteroatoms. The van der Waals surface area contributed by atoms with E-state index in [0.29, 0.717) is 0 Å². The molecule has 0 spiro atoms. The third-order valence-corrected chi connectivity index (χ3v) is 4.80. The van der Waals surface area contributed by atoms with E-state index in [4.69, 9.17) is 4.74 Å². The van der Waals surface area contributed by atoms with Gasteiger partial charge in [-0.05, 0) is 60.7 Å². The minimum atomic E-state index is 0.769. The number of benzene rings is 1. The van der Waals surface area contributed by atoms with Crippen molar-refractivity contribution >= 4 is 10.9 Å². The van der Waals surface area contributed by atoms with Crippen LogP contribution in [0, 0.1) is 5.92 Å². The molecule has 1 saturated heterocycles. The van der Waals surface area contributed by atoms with Gasteiger partial charge in [0.25, 0.3) is 0 Å². The molecule has 0 unspecified atom stereocenters.